The highest BCUT2D eigenvalue weighted by molar-refractivity contribution is 5.86. The van der Waals surface area contributed by atoms with E-state index in [0.717, 1.165) is 30.7 Å². The lowest BCUT2D eigenvalue weighted by atomic mass is 9.47. The summed E-state index contributed by atoms with van der Waals surface area (Å²) in [6, 6.07) is 0.683. The zero-order valence-corrected chi connectivity index (χ0v) is 12.1. The lowest BCUT2D eigenvalue weighted by molar-refractivity contribution is -0.0916. The van der Waals surface area contributed by atoms with Crippen molar-refractivity contribution in [1.82, 2.24) is 5.01 Å². The molecule has 1 atom stereocenters. The molecular weight excluding hydrogens is 234 g/mol. The summed E-state index contributed by atoms with van der Waals surface area (Å²) in [6.07, 6.45) is 11.2. The molecule has 3 heteroatoms. The van der Waals surface area contributed by atoms with Crippen molar-refractivity contribution >= 4 is 5.71 Å². The topological polar surface area (TPSA) is 41.6 Å². The lowest BCUT2D eigenvalue weighted by Crippen LogP contribution is -2.54. The Labute approximate surface area is 116 Å². The Morgan fingerprint density at radius 1 is 1.16 bits per heavy atom. The molecule has 1 unspecified atom stereocenters. The summed E-state index contributed by atoms with van der Waals surface area (Å²) in [5.41, 5.74) is 7.66. The van der Waals surface area contributed by atoms with Gasteiger partial charge in [0.15, 0.2) is 0 Å². The van der Waals surface area contributed by atoms with Gasteiger partial charge in [-0.15, -0.1) is 0 Å². The SMILES string of the molecule is CN1N=C(CCN)CC1C12CC3CC(CC(C3)C1)C2. The van der Waals surface area contributed by atoms with E-state index < -0.39 is 0 Å². The molecule has 4 aliphatic carbocycles. The molecule has 4 fully saturated rings. The van der Waals surface area contributed by atoms with Crippen molar-refractivity contribution in [2.75, 3.05) is 13.6 Å². The maximum atomic E-state index is 5.71. The van der Waals surface area contributed by atoms with Gasteiger partial charge in [-0.1, -0.05) is 0 Å². The molecule has 1 heterocycles. The summed E-state index contributed by atoms with van der Waals surface area (Å²) in [5, 5.41) is 7.09. The molecule has 5 aliphatic rings. The number of hydrogen-bond donors (Lipinski definition) is 1. The molecule has 0 amide bonds. The highest BCUT2D eigenvalue weighted by Gasteiger charge is 2.55. The van der Waals surface area contributed by atoms with Crippen LogP contribution in [-0.4, -0.2) is 30.4 Å². The quantitative estimate of drug-likeness (QED) is 0.848. The molecule has 0 spiro atoms. The van der Waals surface area contributed by atoms with Gasteiger partial charge in [0.25, 0.3) is 0 Å². The van der Waals surface area contributed by atoms with Crippen molar-refractivity contribution < 1.29 is 0 Å². The van der Waals surface area contributed by atoms with Gasteiger partial charge in [0.2, 0.25) is 0 Å². The standard InChI is InChI=1S/C16H27N3/c1-19-15(7-14(18-19)2-3-17)16-8-11-4-12(9-16)6-13(5-11)10-16/h11-13,15H,2-10,17H2,1H3. The normalized spacial score (nSPS) is 47.9. The van der Waals surface area contributed by atoms with Gasteiger partial charge in [-0.25, -0.2) is 0 Å². The number of hydrogen-bond acceptors (Lipinski definition) is 3. The molecule has 19 heavy (non-hydrogen) atoms. The third-order valence-electron chi connectivity index (χ3n) is 6.40. The van der Waals surface area contributed by atoms with Crippen molar-refractivity contribution in [2.24, 2.45) is 34.0 Å². The fourth-order valence-corrected chi connectivity index (χ4v) is 6.21. The van der Waals surface area contributed by atoms with Crippen molar-refractivity contribution in [3.63, 3.8) is 0 Å². The molecule has 5 rings (SSSR count). The molecule has 3 nitrogen and oxygen atoms in total. The molecule has 0 saturated heterocycles. The fraction of sp³-hybridized carbons (Fsp3) is 0.938. The van der Waals surface area contributed by atoms with Crippen LogP contribution in [0, 0.1) is 23.2 Å². The van der Waals surface area contributed by atoms with E-state index in [1.807, 2.05) is 0 Å². The zero-order valence-electron chi connectivity index (χ0n) is 12.1. The Kier molecular flexibility index (Phi) is 2.70. The van der Waals surface area contributed by atoms with Crippen LogP contribution in [0.5, 0.6) is 0 Å². The molecule has 0 aromatic carbocycles. The van der Waals surface area contributed by atoms with Crippen LogP contribution in [0.2, 0.25) is 0 Å². The number of nitrogens with zero attached hydrogens (tertiary/aromatic N) is 2. The van der Waals surface area contributed by atoms with E-state index in [1.54, 1.807) is 0 Å². The maximum Gasteiger partial charge on any atom is 0.0576 e. The molecular formula is C16H27N3. The van der Waals surface area contributed by atoms with Crippen LogP contribution in [0.1, 0.15) is 51.4 Å². The minimum atomic E-state index is 0.601. The van der Waals surface area contributed by atoms with Crippen molar-refractivity contribution in [2.45, 2.75) is 57.4 Å². The van der Waals surface area contributed by atoms with E-state index in [1.165, 1.54) is 50.7 Å². The summed E-state index contributed by atoms with van der Waals surface area (Å²) in [5.74, 6) is 3.12. The Bertz CT molecular complexity index is 366. The summed E-state index contributed by atoms with van der Waals surface area (Å²) >= 11 is 0. The Morgan fingerprint density at radius 2 is 1.74 bits per heavy atom. The van der Waals surface area contributed by atoms with Crippen LogP contribution < -0.4 is 5.73 Å². The first-order valence-electron chi connectivity index (χ1n) is 8.18. The monoisotopic (exact) mass is 261 g/mol. The highest BCUT2D eigenvalue weighted by atomic mass is 15.5. The number of nitrogens with two attached hydrogens (primary N) is 1. The summed E-state index contributed by atoms with van der Waals surface area (Å²) in [6.45, 7) is 0.750. The molecule has 0 radical (unpaired) electrons. The van der Waals surface area contributed by atoms with Gasteiger partial charge in [-0.3, -0.25) is 5.01 Å². The molecule has 106 valence electrons. The Hall–Kier alpha value is -0.570. The highest BCUT2D eigenvalue weighted by Crippen LogP contribution is 2.62. The van der Waals surface area contributed by atoms with Gasteiger partial charge in [0.05, 0.1) is 6.04 Å². The Balaban J connectivity index is 1.56. The second kappa shape index (κ2) is 4.21. The van der Waals surface area contributed by atoms with E-state index in [2.05, 4.69) is 12.1 Å². The fourth-order valence-electron chi connectivity index (χ4n) is 6.21. The average molecular weight is 261 g/mol. The van der Waals surface area contributed by atoms with E-state index in [0.29, 0.717) is 11.5 Å². The summed E-state index contributed by atoms with van der Waals surface area (Å²) in [7, 11) is 2.20. The first kappa shape index (κ1) is 12.2. The summed E-state index contributed by atoms with van der Waals surface area (Å²) in [4.78, 5) is 0. The van der Waals surface area contributed by atoms with Gasteiger partial charge < -0.3 is 5.73 Å². The third kappa shape index (κ3) is 1.84. The van der Waals surface area contributed by atoms with Gasteiger partial charge in [0.1, 0.15) is 0 Å². The average Bonchev–Trinajstić information content (AvgIpc) is 2.70. The Morgan fingerprint density at radius 3 is 2.26 bits per heavy atom. The molecule has 2 N–H and O–H groups in total. The van der Waals surface area contributed by atoms with Crippen LogP contribution in [0.25, 0.3) is 0 Å². The van der Waals surface area contributed by atoms with E-state index >= 15 is 0 Å². The van der Waals surface area contributed by atoms with Crippen LogP contribution in [0.3, 0.4) is 0 Å². The smallest absolute Gasteiger partial charge is 0.0576 e. The van der Waals surface area contributed by atoms with Crippen LogP contribution in [-0.2, 0) is 0 Å². The maximum absolute atomic E-state index is 5.71. The molecule has 4 bridgehead atoms. The third-order valence-corrected chi connectivity index (χ3v) is 6.40. The molecule has 1 aliphatic heterocycles. The minimum absolute atomic E-state index is 0.601. The van der Waals surface area contributed by atoms with Gasteiger partial charge >= 0.3 is 0 Å². The zero-order chi connectivity index (χ0) is 13.0. The second-order valence-electron chi connectivity index (χ2n) is 7.78. The van der Waals surface area contributed by atoms with E-state index in [4.69, 9.17) is 10.8 Å². The first-order chi connectivity index (χ1) is 9.18. The van der Waals surface area contributed by atoms with Crippen molar-refractivity contribution in [3.8, 4) is 0 Å². The van der Waals surface area contributed by atoms with Crippen molar-refractivity contribution in [3.05, 3.63) is 0 Å². The molecule has 0 aromatic heterocycles. The lowest BCUT2D eigenvalue weighted by Gasteiger charge is -2.59. The predicted molar refractivity (Wildman–Crippen MR) is 77.9 cm³/mol. The number of hydrazone groups is 1. The second-order valence-corrected chi connectivity index (χ2v) is 7.78. The number of rotatable bonds is 3. The van der Waals surface area contributed by atoms with Crippen LogP contribution in [0.15, 0.2) is 5.10 Å². The molecule has 4 saturated carbocycles. The first-order valence-corrected chi connectivity index (χ1v) is 8.18. The summed E-state index contributed by atoms with van der Waals surface area (Å²) < 4.78 is 0. The van der Waals surface area contributed by atoms with Crippen LogP contribution in [0.4, 0.5) is 0 Å². The van der Waals surface area contributed by atoms with Crippen LogP contribution >= 0.6 is 0 Å². The van der Waals surface area contributed by atoms with Gasteiger partial charge in [-0.05, 0) is 74.7 Å². The predicted octanol–water partition coefficient (Wildman–Crippen LogP) is 2.61. The van der Waals surface area contributed by atoms with E-state index in [9.17, 15) is 0 Å². The largest absolute Gasteiger partial charge is 0.330 e. The van der Waals surface area contributed by atoms with Gasteiger partial charge in [-0.2, -0.15) is 5.10 Å². The van der Waals surface area contributed by atoms with E-state index in [-0.39, 0.29) is 0 Å². The minimum Gasteiger partial charge on any atom is -0.330 e. The van der Waals surface area contributed by atoms with Crippen molar-refractivity contribution in [1.29, 1.82) is 0 Å². The molecule has 0 aromatic rings. The van der Waals surface area contributed by atoms with Gasteiger partial charge in [0, 0.05) is 19.2 Å².